The maximum atomic E-state index is 5.42. The molecule has 0 aliphatic rings. The molecule has 3 aromatic rings. The largest absolute Gasteiger partial charge is 0.356 e. The SMILES string of the molecule is CCC(Cc1ccccc1)c1noc2ccccc12.CN. The topological polar surface area (TPSA) is 52.0 Å². The van der Waals surface area contributed by atoms with E-state index in [4.69, 9.17) is 4.52 Å². The first-order valence-corrected chi connectivity index (χ1v) is 7.34. The first-order chi connectivity index (χ1) is 10.4. The monoisotopic (exact) mass is 282 g/mol. The van der Waals surface area contributed by atoms with E-state index in [-0.39, 0.29) is 0 Å². The van der Waals surface area contributed by atoms with Crippen molar-refractivity contribution in [2.24, 2.45) is 5.73 Å². The number of nitrogens with two attached hydrogens (primary N) is 1. The van der Waals surface area contributed by atoms with Gasteiger partial charge in [-0.25, -0.2) is 0 Å². The minimum Gasteiger partial charge on any atom is -0.356 e. The van der Waals surface area contributed by atoms with E-state index in [1.807, 2.05) is 18.2 Å². The lowest BCUT2D eigenvalue weighted by Crippen LogP contribution is -2.02. The molecule has 3 nitrogen and oxygen atoms in total. The van der Waals surface area contributed by atoms with E-state index in [1.165, 1.54) is 12.6 Å². The van der Waals surface area contributed by atoms with Crippen molar-refractivity contribution in [3.8, 4) is 0 Å². The second-order valence-electron chi connectivity index (χ2n) is 4.86. The van der Waals surface area contributed by atoms with Gasteiger partial charge in [0.1, 0.15) is 0 Å². The summed E-state index contributed by atoms with van der Waals surface area (Å²) in [5, 5.41) is 5.43. The van der Waals surface area contributed by atoms with Crippen molar-refractivity contribution in [1.29, 1.82) is 0 Å². The van der Waals surface area contributed by atoms with Crippen LogP contribution in [0, 0.1) is 0 Å². The zero-order valence-corrected chi connectivity index (χ0v) is 12.6. The summed E-state index contributed by atoms with van der Waals surface area (Å²) in [5.41, 5.74) is 7.81. The van der Waals surface area contributed by atoms with Crippen LogP contribution in [0.2, 0.25) is 0 Å². The fourth-order valence-corrected chi connectivity index (χ4v) is 2.53. The fraction of sp³-hybridized carbons (Fsp3) is 0.278. The van der Waals surface area contributed by atoms with Gasteiger partial charge >= 0.3 is 0 Å². The van der Waals surface area contributed by atoms with Gasteiger partial charge in [-0.15, -0.1) is 0 Å². The Morgan fingerprint density at radius 2 is 1.67 bits per heavy atom. The Morgan fingerprint density at radius 3 is 2.38 bits per heavy atom. The molecule has 0 saturated carbocycles. The highest BCUT2D eigenvalue weighted by atomic mass is 16.5. The van der Waals surface area contributed by atoms with Gasteiger partial charge in [0.05, 0.1) is 5.69 Å². The van der Waals surface area contributed by atoms with Crippen LogP contribution in [0.3, 0.4) is 0 Å². The Bertz CT molecular complexity index is 661. The van der Waals surface area contributed by atoms with Crippen molar-refractivity contribution in [3.63, 3.8) is 0 Å². The summed E-state index contributed by atoms with van der Waals surface area (Å²) in [6, 6.07) is 18.7. The molecule has 0 aliphatic heterocycles. The molecule has 1 unspecified atom stereocenters. The standard InChI is InChI=1S/C17H17NO.CH5N/c1-2-14(12-13-8-4-3-5-9-13)17-15-10-6-7-11-16(15)19-18-17;1-2/h3-11,14H,2,12H2,1H3;2H2,1H3. The molecule has 0 saturated heterocycles. The number of nitrogens with zero attached hydrogens (tertiary/aromatic N) is 1. The van der Waals surface area contributed by atoms with E-state index >= 15 is 0 Å². The summed E-state index contributed by atoms with van der Waals surface area (Å²) in [5.74, 6) is 0.408. The van der Waals surface area contributed by atoms with Gasteiger partial charge < -0.3 is 10.3 Å². The van der Waals surface area contributed by atoms with Crippen LogP contribution in [-0.4, -0.2) is 12.2 Å². The molecular formula is C18H22N2O. The molecule has 3 rings (SSSR count). The predicted octanol–water partition coefficient (Wildman–Crippen LogP) is 4.14. The lowest BCUT2D eigenvalue weighted by Gasteiger charge is -2.12. The molecule has 0 fully saturated rings. The molecule has 0 bridgehead atoms. The molecular weight excluding hydrogens is 260 g/mol. The number of fused-ring (bicyclic) bond motifs is 1. The first-order valence-electron chi connectivity index (χ1n) is 7.34. The highest BCUT2D eigenvalue weighted by Gasteiger charge is 2.17. The van der Waals surface area contributed by atoms with Gasteiger partial charge in [-0.2, -0.15) is 0 Å². The predicted molar refractivity (Wildman–Crippen MR) is 87.3 cm³/mol. The highest BCUT2D eigenvalue weighted by Crippen LogP contribution is 2.29. The van der Waals surface area contributed by atoms with Crippen molar-refractivity contribution in [3.05, 3.63) is 65.9 Å². The van der Waals surface area contributed by atoms with Crippen molar-refractivity contribution >= 4 is 11.0 Å². The maximum absolute atomic E-state index is 5.42. The van der Waals surface area contributed by atoms with Gasteiger partial charge in [0.25, 0.3) is 0 Å². The summed E-state index contributed by atoms with van der Waals surface area (Å²) in [7, 11) is 1.50. The Labute approximate surface area is 125 Å². The molecule has 3 heteroatoms. The molecule has 0 aliphatic carbocycles. The van der Waals surface area contributed by atoms with Crippen LogP contribution in [-0.2, 0) is 6.42 Å². The number of benzene rings is 2. The molecule has 0 amide bonds. The van der Waals surface area contributed by atoms with Crippen LogP contribution in [0.5, 0.6) is 0 Å². The fourth-order valence-electron chi connectivity index (χ4n) is 2.53. The lowest BCUT2D eigenvalue weighted by molar-refractivity contribution is 0.434. The molecule has 1 aromatic heterocycles. The second kappa shape index (κ2) is 7.60. The highest BCUT2D eigenvalue weighted by molar-refractivity contribution is 5.79. The van der Waals surface area contributed by atoms with E-state index in [9.17, 15) is 0 Å². The third-order valence-corrected chi connectivity index (χ3v) is 3.61. The van der Waals surface area contributed by atoms with Gasteiger partial charge in [0.2, 0.25) is 0 Å². The summed E-state index contributed by atoms with van der Waals surface area (Å²) < 4.78 is 5.42. The average molecular weight is 282 g/mol. The van der Waals surface area contributed by atoms with Crippen molar-refractivity contribution in [1.82, 2.24) is 5.16 Å². The van der Waals surface area contributed by atoms with Crippen LogP contribution in [0.25, 0.3) is 11.0 Å². The van der Waals surface area contributed by atoms with Crippen LogP contribution in [0.15, 0.2) is 59.1 Å². The maximum Gasteiger partial charge on any atom is 0.167 e. The van der Waals surface area contributed by atoms with Gasteiger partial charge in [0.15, 0.2) is 5.58 Å². The number of aromatic nitrogens is 1. The normalized spacial score (nSPS) is 11.8. The van der Waals surface area contributed by atoms with Crippen LogP contribution in [0.1, 0.15) is 30.5 Å². The molecule has 2 aromatic carbocycles. The van der Waals surface area contributed by atoms with E-state index < -0.39 is 0 Å². The Hall–Kier alpha value is -2.13. The number of rotatable bonds is 4. The zero-order chi connectivity index (χ0) is 15.1. The lowest BCUT2D eigenvalue weighted by atomic mass is 9.92. The minimum absolute atomic E-state index is 0.408. The van der Waals surface area contributed by atoms with Gasteiger partial charge in [-0.05, 0) is 37.6 Å². The van der Waals surface area contributed by atoms with E-state index in [0.717, 1.165) is 29.5 Å². The third-order valence-electron chi connectivity index (χ3n) is 3.61. The zero-order valence-electron chi connectivity index (χ0n) is 12.6. The van der Waals surface area contributed by atoms with Gasteiger partial charge in [-0.1, -0.05) is 54.5 Å². The second-order valence-corrected chi connectivity index (χ2v) is 4.86. The smallest absolute Gasteiger partial charge is 0.167 e. The van der Waals surface area contributed by atoms with Crippen molar-refractivity contribution < 1.29 is 4.52 Å². The van der Waals surface area contributed by atoms with Gasteiger partial charge in [-0.3, -0.25) is 0 Å². The first kappa shape index (κ1) is 15.3. The molecule has 21 heavy (non-hydrogen) atoms. The Balaban J connectivity index is 0.000000774. The molecule has 1 heterocycles. The van der Waals surface area contributed by atoms with Gasteiger partial charge in [0, 0.05) is 11.3 Å². The third kappa shape index (κ3) is 3.50. The van der Waals surface area contributed by atoms with E-state index in [1.54, 1.807) is 0 Å². The summed E-state index contributed by atoms with van der Waals surface area (Å²) in [6.07, 6.45) is 2.07. The van der Waals surface area contributed by atoms with Crippen LogP contribution in [0.4, 0.5) is 0 Å². The molecule has 1 atom stereocenters. The van der Waals surface area contributed by atoms with Crippen LogP contribution < -0.4 is 5.73 Å². The summed E-state index contributed by atoms with van der Waals surface area (Å²) >= 11 is 0. The van der Waals surface area contributed by atoms with E-state index in [2.05, 4.69) is 54.2 Å². The number of para-hydroxylation sites is 1. The molecule has 0 radical (unpaired) electrons. The number of hydrogen-bond acceptors (Lipinski definition) is 3. The average Bonchev–Trinajstić information content (AvgIpc) is 2.99. The summed E-state index contributed by atoms with van der Waals surface area (Å²) in [4.78, 5) is 0. The minimum atomic E-state index is 0.408. The quantitative estimate of drug-likeness (QED) is 0.782. The molecule has 0 spiro atoms. The Morgan fingerprint density at radius 1 is 1.00 bits per heavy atom. The van der Waals surface area contributed by atoms with Crippen LogP contribution >= 0.6 is 0 Å². The number of hydrogen-bond donors (Lipinski definition) is 1. The summed E-state index contributed by atoms with van der Waals surface area (Å²) in [6.45, 7) is 2.21. The van der Waals surface area contributed by atoms with Crippen molar-refractivity contribution in [2.75, 3.05) is 7.05 Å². The molecule has 110 valence electrons. The van der Waals surface area contributed by atoms with Crippen molar-refractivity contribution in [2.45, 2.75) is 25.7 Å². The van der Waals surface area contributed by atoms with E-state index in [0.29, 0.717) is 5.92 Å². The Kier molecular flexibility index (Phi) is 5.52. The molecule has 2 N–H and O–H groups in total.